The van der Waals surface area contributed by atoms with E-state index in [2.05, 4.69) is 4.90 Å². The van der Waals surface area contributed by atoms with Crippen LogP contribution in [0, 0.1) is 17.0 Å². The van der Waals surface area contributed by atoms with Crippen molar-refractivity contribution in [2.24, 2.45) is 0 Å². The van der Waals surface area contributed by atoms with Crippen LogP contribution in [0.5, 0.6) is 5.75 Å². The number of carbonyl (C=O) groups excluding carboxylic acids is 1. The van der Waals surface area contributed by atoms with Gasteiger partial charge in [0.2, 0.25) is 5.75 Å². The molecule has 0 saturated heterocycles. The SMILES string of the molecule is CCN(CC)CCOC(=O)c1ccc(C)c(OCc2ccccc2)c1[N+](=O)[O-]. The van der Waals surface area contributed by atoms with Gasteiger partial charge < -0.3 is 14.4 Å². The van der Waals surface area contributed by atoms with Crippen molar-refractivity contribution in [3.8, 4) is 5.75 Å². The van der Waals surface area contributed by atoms with Crippen LogP contribution >= 0.6 is 0 Å². The summed E-state index contributed by atoms with van der Waals surface area (Å²) in [5, 5.41) is 11.7. The number of ether oxygens (including phenoxy) is 2. The van der Waals surface area contributed by atoms with Gasteiger partial charge in [-0.1, -0.05) is 50.2 Å². The Morgan fingerprint density at radius 3 is 2.39 bits per heavy atom. The molecule has 2 aromatic carbocycles. The number of hydrogen-bond donors (Lipinski definition) is 0. The number of likely N-dealkylation sites (N-methyl/N-ethyl adjacent to an activating group) is 1. The van der Waals surface area contributed by atoms with Crippen molar-refractivity contribution in [1.29, 1.82) is 0 Å². The monoisotopic (exact) mass is 386 g/mol. The van der Waals surface area contributed by atoms with Crippen molar-refractivity contribution >= 4 is 11.7 Å². The molecule has 0 N–H and O–H groups in total. The van der Waals surface area contributed by atoms with Gasteiger partial charge in [-0.3, -0.25) is 10.1 Å². The van der Waals surface area contributed by atoms with Gasteiger partial charge in [-0.25, -0.2) is 4.79 Å². The molecule has 28 heavy (non-hydrogen) atoms. The predicted octanol–water partition coefficient (Wildman–Crippen LogP) is 3.98. The summed E-state index contributed by atoms with van der Waals surface area (Å²) in [5.74, 6) is -0.629. The van der Waals surface area contributed by atoms with Gasteiger partial charge in [0.15, 0.2) is 0 Å². The Kier molecular flexibility index (Phi) is 7.95. The van der Waals surface area contributed by atoms with Gasteiger partial charge in [0.25, 0.3) is 0 Å². The Bertz CT molecular complexity index is 804. The fourth-order valence-electron chi connectivity index (χ4n) is 2.81. The fourth-order valence-corrected chi connectivity index (χ4v) is 2.81. The first-order valence-corrected chi connectivity index (χ1v) is 9.32. The Morgan fingerprint density at radius 2 is 1.79 bits per heavy atom. The number of nitrogens with zero attached hydrogens (tertiary/aromatic N) is 2. The minimum absolute atomic E-state index is 0.0899. The van der Waals surface area contributed by atoms with E-state index in [0.717, 1.165) is 18.7 Å². The van der Waals surface area contributed by atoms with Gasteiger partial charge in [-0.15, -0.1) is 0 Å². The highest BCUT2D eigenvalue weighted by Crippen LogP contribution is 2.35. The summed E-state index contributed by atoms with van der Waals surface area (Å²) < 4.78 is 11.0. The van der Waals surface area contributed by atoms with Crippen LogP contribution in [0.1, 0.15) is 35.3 Å². The van der Waals surface area contributed by atoms with Crippen LogP contribution in [-0.4, -0.2) is 42.0 Å². The molecule has 0 atom stereocenters. The molecule has 2 aromatic rings. The Balaban J connectivity index is 2.20. The maximum atomic E-state index is 12.5. The van der Waals surface area contributed by atoms with Gasteiger partial charge in [-0.05, 0) is 37.2 Å². The van der Waals surface area contributed by atoms with E-state index >= 15 is 0 Å². The van der Waals surface area contributed by atoms with E-state index in [1.165, 1.54) is 6.07 Å². The second-order valence-electron chi connectivity index (χ2n) is 6.30. The summed E-state index contributed by atoms with van der Waals surface area (Å²) in [6.07, 6.45) is 0. The fraction of sp³-hybridized carbons (Fsp3) is 0.381. The number of nitro benzene ring substituents is 1. The summed E-state index contributed by atoms with van der Waals surface area (Å²) in [4.78, 5) is 25.7. The van der Waals surface area contributed by atoms with Gasteiger partial charge in [0, 0.05) is 6.54 Å². The highest BCUT2D eigenvalue weighted by atomic mass is 16.6. The van der Waals surface area contributed by atoms with Crippen LogP contribution in [-0.2, 0) is 11.3 Å². The lowest BCUT2D eigenvalue weighted by molar-refractivity contribution is -0.386. The zero-order valence-corrected chi connectivity index (χ0v) is 16.5. The third-order valence-electron chi connectivity index (χ3n) is 4.49. The maximum absolute atomic E-state index is 12.5. The van der Waals surface area contributed by atoms with Gasteiger partial charge >= 0.3 is 11.7 Å². The zero-order valence-electron chi connectivity index (χ0n) is 16.5. The molecular formula is C21H26N2O5. The minimum Gasteiger partial charge on any atom is -0.482 e. The highest BCUT2D eigenvalue weighted by Gasteiger charge is 2.28. The van der Waals surface area contributed by atoms with E-state index in [0.29, 0.717) is 12.1 Å². The molecule has 0 radical (unpaired) electrons. The molecule has 0 aliphatic rings. The first-order chi connectivity index (χ1) is 13.5. The van der Waals surface area contributed by atoms with Gasteiger partial charge in [0.1, 0.15) is 18.8 Å². The minimum atomic E-state index is -0.719. The topological polar surface area (TPSA) is 81.9 Å². The van der Waals surface area contributed by atoms with Gasteiger partial charge in [0.05, 0.1) is 4.92 Å². The summed E-state index contributed by atoms with van der Waals surface area (Å²) in [7, 11) is 0. The van der Waals surface area contributed by atoms with E-state index in [9.17, 15) is 14.9 Å². The number of rotatable bonds is 10. The maximum Gasteiger partial charge on any atom is 0.345 e. The first-order valence-electron chi connectivity index (χ1n) is 9.32. The quantitative estimate of drug-likeness (QED) is 0.349. The van der Waals surface area contributed by atoms with Crippen LogP contribution in [0.3, 0.4) is 0 Å². The normalized spacial score (nSPS) is 10.7. The van der Waals surface area contributed by atoms with Crippen molar-refractivity contribution in [3.63, 3.8) is 0 Å². The number of carbonyl (C=O) groups is 1. The lowest BCUT2D eigenvalue weighted by Gasteiger charge is -2.17. The molecule has 7 nitrogen and oxygen atoms in total. The van der Waals surface area contributed by atoms with Crippen molar-refractivity contribution in [2.45, 2.75) is 27.4 Å². The van der Waals surface area contributed by atoms with E-state index in [4.69, 9.17) is 9.47 Å². The molecule has 2 rings (SSSR count). The largest absolute Gasteiger partial charge is 0.482 e. The Morgan fingerprint density at radius 1 is 1.11 bits per heavy atom. The van der Waals surface area contributed by atoms with Crippen LogP contribution in [0.25, 0.3) is 0 Å². The van der Waals surface area contributed by atoms with Crippen molar-refractivity contribution in [2.75, 3.05) is 26.2 Å². The second-order valence-corrected chi connectivity index (χ2v) is 6.30. The second kappa shape index (κ2) is 10.4. The molecule has 7 heteroatoms. The van der Waals surface area contributed by atoms with E-state index in [-0.39, 0.29) is 30.2 Å². The van der Waals surface area contributed by atoms with Crippen LogP contribution in [0.2, 0.25) is 0 Å². The van der Waals surface area contributed by atoms with Crippen molar-refractivity contribution < 1.29 is 19.2 Å². The summed E-state index contributed by atoms with van der Waals surface area (Å²) in [6.45, 7) is 8.36. The van der Waals surface area contributed by atoms with E-state index in [1.807, 2.05) is 44.2 Å². The lowest BCUT2D eigenvalue weighted by atomic mass is 10.1. The third-order valence-corrected chi connectivity index (χ3v) is 4.49. The molecule has 0 amide bonds. The molecule has 0 heterocycles. The summed E-state index contributed by atoms with van der Waals surface area (Å²) in [6, 6.07) is 12.4. The number of aryl methyl sites for hydroxylation is 1. The van der Waals surface area contributed by atoms with Crippen molar-refractivity contribution in [3.05, 3.63) is 69.3 Å². The molecule has 0 aromatic heterocycles. The molecule has 0 aliphatic carbocycles. The highest BCUT2D eigenvalue weighted by molar-refractivity contribution is 5.95. The smallest absolute Gasteiger partial charge is 0.345 e. The van der Waals surface area contributed by atoms with Gasteiger partial charge in [-0.2, -0.15) is 0 Å². The first kappa shape index (κ1) is 21.4. The number of benzene rings is 2. The molecule has 0 spiro atoms. The summed E-state index contributed by atoms with van der Waals surface area (Å²) in [5.41, 5.74) is 1.01. The van der Waals surface area contributed by atoms with Crippen LogP contribution in [0.15, 0.2) is 42.5 Å². The molecular weight excluding hydrogens is 360 g/mol. The Hall–Kier alpha value is -2.93. The Labute approximate surface area is 165 Å². The number of hydrogen-bond acceptors (Lipinski definition) is 6. The van der Waals surface area contributed by atoms with Crippen LogP contribution < -0.4 is 4.74 Å². The van der Waals surface area contributed by atoms with Crippen molar-refractivity contribution in [1.82, 2.24) is 4.90 Å². The molecule has 0 fully saturated rings. The predicted molar refractivity (Wildman–Crippen MR) is 107 cm³/mol. The number of nitro groups is 1. The zero-order chi connectivity index (χ0) is 20.5. The average molecular weight is 386 g/mol. The number of esters is 1. The molecule has 0 aliphatic heterocycles. The molecule has 0 bridgehead atoms. The average Bonchev–Trinajstić information content (AvgIpc) is 2.70. The third kappa shape index (κ3) is 5.53. The lowest BCUT2D eigenvalue weighted by Crippen LogP contribution is -2.28. The summed E-state index contributed by atoms with van der Waals surface area (Å²) >= 11 is 0. The molecule has 150 valence electrons. The van der Waals surface area contributed by atoms with E-state index < -0.39 is 10.9 Å². The molecule has 0 saturated carbocycles. The van der Waals surface area contributed by atoms with E-state index in [1.54, 1.807) is 13.0 Å². The molecule has 0 unspecified atom stereocenters. The standard InChI is InChI=1S/C21H26N2O5/c1-4-22(5-2)13-14-27-21(24)18-12-11-16(3)20(19(18)23(25)26)28-15-17-9-7-6-8-10-17/h6-12H,4-5,13-15H2,1-3H3. The van der Waals surface area contributed by atoms with Crippen LogP contribution in [0.4, 0.5) is 5.69 Å².